The fraction of sp³-hybridized carbons (Fsp3) is 0.214. The Bertz CT molecular complexity index is 735. The van der Waals surface area contributed by atoms with Crippen molar-refractivity contribution in [3.63, 3.8) is 0 Å². The molecule has 0 saturated carbocycles. The van der Waals surface area contributed by atoms with E-state index in [1.54, 1.807) is 6.33 Å². The van der Waals surface area contributed by atoms with Gasteiger partial charge in [-0.3, -0.25) is 5.10 Å². The van der Waals surface area contributed by atoms with Crippen LogP contribution in [0.5, 0.6) is 0 Å². The minimum atomic E-state index is 0.579. The van der Waals surface area contributed by atoms with Crippen molar-refractivity contribution in [3.05, 3.63) is 36.9 Å². The maximum absolute atomic E-state index is 4.43. The Labute approximate surface area is 110 Å². The third kappa shape index (κ3) is 1.66. The summed E-state index contributed by atoms with van der Waals surface area (Å²) in [5, 5.41) is 7.94. The number of aromatic nitrogens is 4. The number of hydrogen-bond acceptors (Lipinski definition) is 4. The Morgan fingerprint density at radius 3 is 2.89 bits per heavy atom. The van der Waals surface area contributed by atoms with E-state index in [0.717, 1.165) is 34.4 Å². The lowest BCUT2D eigenvalue weighted by Crippen LogP contribution is -2.00. The predicted molar refractivity (Wildman–Crippen MR) is 73.9 cm³/mol. The molecule has 5 nitrogen and oxygen atoms in total. The number of rotatable bonds is 2. The molecule has 1 aliphatic heterocycles. The largest absolute Gasteiger partial charge is 0.349 e. The molecule has 3 heterocycles. The highest BCUT2D eigenvalue weighted by molar-refractivity contribution is 5.93. The summed E-state index contributed by atoms with van der Waals surface area (Å²) in [5.41, 5.74) is 3.19. The molecule has 1 unspecified atom stereocenters. The van der Waals surface area contributed by atoms with Crippen molar-refractivity contribution in [3.8, 4) is 11.1 Å². The molecule has 0 radical (unpaired) electrons. The normalized spacial score (nSPS) is 17.9. The molecule has 3 aromatic rings. The summed E-state index contributed by atoms with van der Waals surface area (Å²) in [6.07, 6.45) is 5.36. The number of hydrogen-bond donors (Lipinski definition) is 1. The average Bonchev–Trinajstić information content (AvgIpc) is 2.94. The molecular formula is C14H13N5. The van der Waals surface area contributed by atoms with Gasteiger partial charge in [0.1, 0.15) is 12.1 Å². The number of aromatic amines is 1. The molecule has 1 aromatic carbocycles. The molecule has 19 heavy (non-hydrogen) atoms. The van der Waals surface area contributed by atoms with Crippen molar-refractivity contribution < 1.29 is 0 Å². The zero-order valence-corrected chi connectivity index (χ0v) is 10.5. The molecule has 1 saturated heterocycles. The molecule has 94 valence electrons. The second kappa shape index (κ2) is 3.78. The summed E-state index contributed by atoms with van der Waals surface area (Å²) in [6.45, 7) is 3.27. The molecule has 1 fully saturated rings. The topological polar surface area (TPSA) is 57.5 Å². The van der Waals surface area contributed by atoms with Gasteiger partial charge in [-0.1, -0.05) is 6.07 Å². The number of nitrogens with zero attached hydrogens (tertiary/aromatic N) is 4. The Morgan fingerprint density at radius 1 is 1.26 bits per heavy atom. The van der Waals surface area contributed by atoms with Crippen LogP contribution in [-0.2, 0) is 0 Å². The summed E-state index contributed by atoms with van der Waals surface area (Å²) >= 11 is 0. The predicted octanol–water partition coefficient (Wildman–Crippen LogP) is 2.23. The molecule has 0 bridgehead atoms. The second-order valence-electron chi connectivity index (χ2n) is 4.92. The third-order valence-electron chi connectivity index (χ3n) is 3.58. The van der Waals surface area contributed by atoms with Gasteiger partial charge in [0.25, 0.3) is 0 Å². The van der Waals surface area contributed by atoms with Gasteiger partial charge in [0, 0.05) is 29.7 Å². The van der Waals surface area contributed by atoms with Crippen LogP contribution in [0.15, 0.2) is 36.9 Å². The minimum Gasteiger partial charge on any atom is -0.349 e. The maximum Gasteiger partial charge on any atom is 0.140 e. The first-order valence-corrected chi connectivity index (χ1v) is 6.33. The standard InChI is InChI=1S/C14H13N5/c1-9-7-19(9)14-12-4-10(11-5-17-18-6-11)2-3-13(12)15-8-16-14/h2-6,8-9H,7H2,1H3,(H,17,18). The Hall–Kier alpha value is -2.43. The van der Waals surface area contributed by atoms with Gasteiger partial charge in [-0.2, -0.15) is 5.10 Å². The average molecular weight is 251 g/mol. The Balaban J connectivity index is 1.91. The van der Waals surface area contributed by atoms with Gasteiger partial charge in [-0.05, 0) is 24.6 Å². The van der Waals surface area contributed by atoms with E-state index in [4.69, 9.17) is 0 Å². The summed E-state index contributed by atoms with van der Waals surface area (Å²) in [5.74, 6) is 1.03. The Kier molecular flexibility index (Phi) is 2.09. The molecule has 5 heteroatoms. The lowest BCUT2D eigenvalue weighted by molar-refractivity contribution is 1.09. The van der Waals surface area contributed by atoms with Crippen molar-refractivity contribution >= 4 is 16.7 Å². The fourth-order valence-corrected chi connectivity index (χ4v) is 2.39. The van der Waals surface area contributed by atoms with Crippen LogP contribution < -0.4 is 4.90 Å². The lowest BCUT2D eigenvalue weighted by Gasteiger charge is -2.08. The molecule has 2 aromatic heterocycles. The van der Waals surface area contributed by atoms with Crippen LogP contribution in [0.25, 0.3) is 22.0 Å². The van der Waals surface area contributed by atoms with Crippen LogP contribution in [0, 0.1) is 0 Å². The van der Waals surface area contributed by atoms with Crippen LogP contribution >= 0.6 is 0 Å². The molecule has 0 amide bonds. The second-order valence-corrected chi connectivity index (χ2v) is 4.92. The van der Waals surface area contributed by atoms with E-state index in [9.17, 15) is 0 Å². The quantitative estimate of drug-likeness (QED) is 0.709. The first-order chi connectivity index (χ1) is 9.33. The van der Waals surface area contributed by atoms with Crippen LogP contribution in [0.2, 0.25) is 0 Å². The van der Waals surface area contributed by atoms with Gasteiger partial charge >= 0.3 is 0 Å². The van der Waals surface area contributed by atoms with E-state index in [-0.39, 0.29) is 0 Å². The first kappa shape index (κ1) is 10.5. The van der Waals surface area contributed by atoms with Crippen molar-refractivity contribution in [2.24, 2.45) is 0 Å². The van der Waals surface area contributed by atoms with Gasteiger partial charge in [-0.15, -0.1) is 0 Å². The molecule has 1 N–H and O–H groups in total. The van der Waals surface area contributed by atoms with E-state index >= 15 is 0 Å². The zero-order valence-electron chi connectivity index (χ0n) is 10.5. The van der Waals surface area contributed by atoms with E-state index < -0.39 is 0 Å². The monoisotopic (exact) mass is 251 g/mol. The van der Waals surface area contributed by atoms with E-state index in [2.05, 4.69) is 44.1 Å². The number of benzene rings is 1. The number of anilines is 1. The van der Waals surface area contributed by atoms with Gasteiger partial charge in [0.05, 0.1) is 11.7 Å². The van der Waals surface area contributed by atoms with Gasteiger partial charge < -0.3 is 4.90 Å². The number of H-pyrrole nitrogens is 1. The summed E-state index contributed by atoms with van der Waals surface area (Å²) < 4.78 is 0. The molecule has 0 spiro atoms. The van der Waals surface area contributed by atoms with Crippen LogP contribution in [0.3, 0.4) is 0 Å². The van der Waals surface area contributed by atoms with Crippen LogP contribution in [-0.4, -0.2) is 32.8 Å². The van der Waals surface area contributed by atoms with Gasteiger partial charge in [-0.25, -0.2) is 9.97 Å². The summed E-state index contributed by atoms with van der Waals surface area (Å²) in [6, 6.07) is 6.82. The van der Waals surface area contributed by atoms with Crippen LogP contribution in [0.4, 0.5) is 5.82 Å². The summed E-state index contributed by atoms with van der Waals surface area (Å²) in [7, 11) is 0. The number of nitrogens with one attached hydrogen (secondary N) is 1. The fourth-order valence-electron chi connectivity index (χ4n) is 2.39. The zero-order chi connectivity index (χ0) is 12.8. The molecule has 1 atom stereocenters. The number of fused-ring (bicyclic) bond motifs is 1. The minimum absolute atomic E-state index is 0.579. The van der Waals surface area contributed by atoms with E-state index in [1.165, 1.54) is 0 Å². The first-order valence-electron chi connectivity index (χ1n) is 6.33. The highest BCUT2D eigenvalue weighted by Gasteiger charge is 2.31. The third-order valence-corrected chi connectivity index (χ3v) is 3.58. The van der Waals surface area contributed by atoms with E-state index in [1.807, 2.05) is 18.5 Å². The smallest absolute Gasteiger partial charge is 0.140 e. The maximum atomic E-state index is 4.43. The SMILES string of the molecule is CC1CN1c1ncnc2ccc(-c3cn[nH]c3)cc12. The van der Waals surface area contributed by atoms with Gasteiger partial charge in [0.2, 0.25) is 0 Å². The van der Waals surface area contributed by atoms with Crippen molar-refractivity contribution in [2.45, 2.75) is 13.0 Å². The lowest BCUT2D eigenvalue weighted by atomic mass is 10.1. The van der Waals surface area contributed by atoms with Crippen LogP contribution in [0.1, 0.15) is 6.92 Å². The van der Waals surface area contributed by atoms with E-state index in [0.29, 0.717) is 6.04 Å². The Morgan fingerprint density at radius 2 is 2.16 bits per heavy atom. The van der Waals surface area contributed by atoms with Crippen molar-refractivity contribution in [1.82, 2.24) is 20.2 Å². The summed E-state index contributed by atoms with van der Waals surface area (Å²) in [4.78, 5) is 11.1. The molecular weight excluding hydrogens is 238 g/mol. The van der Waals surface area contributed by atoms with Gasteiger partial charge in [0.15, 0.2) is 0 Å². The highest BCUT2D eigenvalue weighted by atomic mass is 15.3. The molecule has 1 aliphatic rings. The molecule has 0 aliphatic carbocycles. The molecule has 4 rings (SSSR count). The van der Waals surface area contributed by atoms with Crippen molar-refractivity contribution in [2.75, 3.05) is 11.4 Å². The van der Waals surface area contributed by atoms with Crippen molar-refractivity contribution in [1.29, 1.82) is 0 Å². The highest BCUT2D eigenvalue weighted by Crippen LogP contribution is 2.33.